The van der Waals surface area contributed by atoms with Crippen molar-refractivity contribution in [1.82, 2.24) is 9.97 Å². The Morgan fingerprint density at radius 3 is 2.21 bits per heavy atom. The first-order valence-corrected chi connectivity index (χ1v) is 21.3. The fraction of sp³-hybridized carbons (Fsp3) is 0.149. The maximum atomic E-state index is 8.73. The molecule has 8 rings (SSSR count). The number of hydrogen-bond donors (Lipinski definition) is 0. The molecule has 0 aliphatic rings. The topological polar surface area (TPSA) is 25.8 Å². The molecular weight excluding hydrogens is 845 g/mol. The van der Waals surface area contributed by atoms with E-state index < -0.39 is 14.4 Å². The molecule has 0 spiro atoms. The average molecular weight is 894 g/mol. The first-order valence-electron chi connectivity index (χ1n) is 20.5. The van der Waals surface area contributed by atoms with Gasteiger partial charge >= 0.3 is 0 Å². The number of pyridine rings is 2. The first-order chi connectivity index (χ1) is 27.6. The Kier molecular flexibility index (Phi) is 9.17. The van der Waals surface area contributed by atoms with Gasteiger partial charge < -0.3 is 9.97 Å². The molecule has 1 radical (unpaired) electrons. The Labute approximate surface area is 336 Å². The summed E-state index contributed by atoms with van der Waals surface area (Å²) in [6, 6.07) is 38.8. The van der Waals surface area contributed by atoms with Crippen LogP contribution in [0, 0.1) is 18.1 Å². The smallest absolute Gasteiger partial charge is 0.0798 e. The van der Waals surface area contributed by atoms with E-state index in [-0.39, 0.29) is 61.8 Å². The first kappa shape index (κ1) is 29.0. The Hall–Kier alpha value is -4.51. The van der Waals surface area contributed by atoms with E-state index in [2.05, 4.69) is 55.0 Å². The summed E-state index contributed by atoms with van der Waals surface area (Å²) < 4.78 is 59.7. The fourth-order valence-corrected chi connectivity index (χ4v) is 8.70. The molecule has 0 aliphatic carbocycles. The number of rotatable bonds is 7. The van der Waals surface area contributed by atoms with Crippen LogP contribution in [0.1, 0.15) is 29.0 Å². The Balaban J connectivity index is 0.000000196. The van der Waals surface area contributed by atoms with Crippen molar-refractivity contribution in [3.05, 3.63) is 163 Å². The molecule has 0 amide bonds. The van der Waals surface area contributed by atoms with E-state index in [0.717, 1.165) is 64.6 Å². The molecule has 0 atom stereocenters. The molecule has 3 heterocycles. The predicted octanol–water partition coefficient (Wildman–Crippen LogP) is 12.5. The normalized spacial score (nSPS) is 13.5. The predicted molar refractivity (Wildman–Crippen MR) is 222 cm³/mol. The molecule has 8 aromatic rings. The van der Waals surface area contributed by atoms with Gasteiger partial charge in [0.1, 0.15) is 0 Å². The third-order valence-corrected chi connectivity index (χ3v) is 11.7. The molecule has 3 aromatic heterocycles. The van der Waals surface area contributed by atoms with E-state index in [0.29, 0.717) is 5.56 Å². The van der Waals surface area contributed by atoms with E-state index in [1.165, 1.54) is 0 Å². The second kappa shape index (κ2) is 16.4. The minimum absolute atomic E-state index is 0. The molecule has 0 aliphatic heterocycles. The van der Waals surface area contributed by atoms with E-state index >= 15 is 0 Å². The van der Waals surface area contributed by atoms with Crippen LogP contribution in [0.4, 0.5) is 0 Å². The molecule has 261 valence electrons. The summed E-state index contributed by atoms with van der Waals surface area (Å²) in [5.74, 6) is -0.113. The van der Waals surface area contributed by atoms with Gasteiger partial charge in [-0.3, -0.25) is 0 Å². The second-order valence-electron chi connectivity index (χ2n) is 13.6. The number of benzene rings is 5. The van der Waals surface area contributed by atoms with Crippen molar-refractivity contribution >= 4 is 44.8 Å². The van der Waals surface area contributed by atoms with E-state index in [1.54, 1.807) is 17.5 Å². The van der Waals surface area contributed by atoms with Crippen molar-refractivity contribution in [2.45, 2.75) is 39.9 Å². The Morgan fingerprint density at radius 1 is 0.731 bits per heavy atom. The molecule has 0 unspecified atom stereocenters. The SMILES string of the molecule is [2H]C([2H])(c1cc(-c2[c-]ccc(-c3ccccc3)c2)ncc1[Si](C)(C)C)C(C)C.[2H]c1c([2H])c([2H])c(-c2ccc3c(c2)sc2c(-c4ccccn4)[c-]ccc23)c([2H])c1[2H].[Ir]. The maximum absolute atomic E-state index is 8.73. The van der Waals surface area contributed by atoms with E-state index in [4.69, 9.17) is 14.6 Å². The molecule has 0 fully saturated rings. The van der Waals surface area contributed by atoms with Gasteiger partial charge in [-0.25, -0.2) is 0 Å². The van der Waals surface area contributed by atoms with Gasteiger partial charge in [-0.15, -0.1) is 59.2 Å². The number of fused-ring (bicyclic) bond motifs is 3. The summed E-state index contributed by atoms with van der Waals surface area (Å²) in [6.45, 7) is 10.6. The summed E-state index contributed by atoms with van der Waals surface area (Å²) in [5.41, 5.74) is 7.31. The standard InChI is InChI=1S/C24H28NSi.C23H14NS.Ir/c1-18(2)14-22-16-23(25-17-24(22)26(3,4)5)21-13-9-12-20(15-21)19-10-7-6-8-11-19;1-2-7-16(8-3-1)17-12-13-18-19-9-6-10-20(21-11-4-5-14-24-21)23(19)25-22(18)15-17;/h6-12,15-18H,14H2,1-5H3;1-9,11-15H;/q2*-1;/i14D2;1D,2D,3D,7D,8D;. The molecule has 2 nitrogen and oxygen atoms in total. The number of aromatic nitrogens is 2. The van der Waals surface area contributed by atoms with Gasteiger partial charge in [-0.2, -0.15) is 11.3 Å². The zero-order valence-corrected chi connectivity index (χ0v) is 33.9. The number of nitrogens with zero attached hydrogens (tertiary/aromatic N) is 2. The Bertz CT molecular complexity index is 2760. The molecule has 52 heavy (non-hydrogen) atoms. The molecule has 5 heteroatoms. The molecule has 0 saturated carbocycles. The van der Waals surface area contributed by atoms with Crippen molar-refractivity contribution in [3.8, 4) is 44.8 Å². The van der Waals surface area contributed by atoms with Gasteiger partial charge in [0.2, 0.25) is 0 Å². The summed E-state index contributed by atoms with van der Waals surface area (Å²) in [7, 11) is -1.73. The molecule has 5 aromatic carbocycles. The third kappa shape index (κ3) is 8.41. The van der Waals surface area contributed by atoms with Crippen LogP contribution in [0.25, 0.3) is 64.9 Å². The van der Waals surface area contributed by atoms with Crippen LogP contribution in [-0.2, 0) is 26.5 Å². The molecule has 0 bridgehead atoms. The Morgan fingerprint density at radius 2 is 1.48 bits per heavy atom. The van der Waals surface area contributed by atoms with Crippen LogP contribution in [0.3, 0.4) is 0 Å². The van der Waals surface area contributed by atoms with Crippen LogP contribution in [-0.4, -0.2) is 18.0 Å². The summed E-state index contributed by atoms with van der Waals surface area (Å²) in [6.07, 6.45) is 2.26. The van der Waals surface area contributed by atoms with Crippen LogP contribution in [0.5, 0.6) is 0 Å². The van der Waals surface area contributed by atoms with Crippen LogP contribution >= 0.6 is 11.3 Å². The van der Waals surface area contributed by atoms with Crippen molar-refractivity contribution in [2.75, 3.05) is 0 Å². The fourth-order valence-electron chi connectivity index (χ4n) is 6.05. The van der Waals surface area contributed by atoms with Gasteiger partial charge in [-0.1, -0.05) is 135 Å². The van der Waals surface area contributed by atoms with Gasteiger partial charge in [0, 0.05) is 39.9 Å². The average Bonchev–Trinajstić information content (AvgIpc) is 3.61. The van der Waals surface area contributed by atoms with Gasteiger partial charge in [-0.05, 0) is 67.8 Å². The van der Waals surface area contributed by atoms with Crippen molar-refractivity contribution in [1.29, 1.82) is 0 Å². The zero-order valence-electron chi connectivity index (χ0n) is 36.7. The molecule has 0 saturated heterocycles. The second-order valence-corrected chi connectivity index (χ2v) is 19.7. The van der Waals surface area contributed by atoms with Crippen molar-refractivity contribution < 1.29 is 29.7 Å². The van der Waals surface area contributed by atoms with E-state index in [1.807, 2.05) is 105 Å². The summed E-state index contributed by atoms with van der Waals surface area (Å²) in [4.78, 5) is 9.17. The zero-order chi connectivity index (χ0) is 41.5. The van der Waals surface area contributed by atoms with Crippen LogP contribution < -0.4 is 5.19 Å². The molecular formula is C47H42IrN2SSi-2. The van der Waals surface area contributed by atoms with E-state index in [9.17, 15) is 0 Å². The van der Waals surface area contributed by atoms with Crippen LogP contribution in [0.15, 0.2) is 146 Å². The number of hydrogen-bond acceptors (Lipinski definition) is 3. The van der Waals surface area contributed by atoms with Gasteiger partial charge in [0.25, 0.3) is 0 Å². The van der Waals surface area contributed by atoms with Crippen molar-refractivity contribution in [2.24, 2.45) is 5.92 Å². The monoisotopic (exact) mass is 894 g/mol. The van der Waals surface area contributed by atoms with Gasteiger partial charge in [0.05, 0.1) is 14.9 Å². The maximum Gasteiger partial charge on any atom is 0.0798 e. The summed E-state index contributed by atoms with van der Waals surface area (Å²) >= 11 is 1.59. The van der Waals surface area contributed by atoms with Crippen molar-refractivity contribution in [3.63, 3.8) is 0 Å². The minimum Gasteiger partial charge on any atom is -0.305 e. The number of thiophene rings is 1. The quantitative estimate of drug-likeness (QED) is 0.118. The van der Waals surface area contributed by atoms with Gasteiger partial charge in [0.15, 0.2) is 0 Å². The largest absolute Gasteiger partial charge is 0.305 e. The minimum atomic E-state index is -1.73. The third-order valence-electron chi connectivity index (χ3n) is 8.48. The summed E-state index contributed by atoms with van der Waals surface area (Å²) in [5, 5.41) is 3.23. The van der Waals surface area contributed by atoms with Crippen LogP contribution in [0.2, 0.25) is 19.6 Å². The molecule has 0 N–H and O–H groups in total.